The first-order chi connectivity index (χ1) is 15.9. The zero-order valence-corrected chi connectivity index (χ0v) is 19.3. The van der Waals surface area contributed by atoms with Crippen LogP contribution in [0.15, 0.2) is 54.6 Å². The molecule has 4 aromatic rings. The number of amides is 2. The number of anilines is 2. The SMILES string of the molecule is COCCc1nc2c(N)nc3ccccc3c2n1CC(C)(C)CNC(=O)Nc1ccccc1. The van der Waals surface area contributed by atoms with Crippen molar-refractivity contribution in [1.29, 1.82) is 0 Å². The molecule has 0 bridgehead atoms. The van der Waals surface area contributed by atoms with Gasteiger partial charge >= 0.3 is 6.03 Å². The molecule has 0 unspecified atom stereocenters. The van der Waals surface area contributed by atoms with Gasteiger partial charge in [-0.1, -0.05) is 50.2 Å². The molecule has 8 nitrogen and oxygen atoms in total. The standard InChI is InChI=1S/C25H30N6O2/c1-25(2,15-27-24(32)28-17-9-5-4-6-10-17)16-31-20(13-14-33-3)30-21-22(31)18-11-7-8-12-19(18)29-23(21)26/h4-12H,13-16H2,1-3H3,(H2,26,29)(H2,27,28,32). The molecule has 0 saturated heterocycles. The summed E-state index contributed by atoms with van der Waals surface area (Å²) in [5.41, 5.74) is 9.28. The van der Waals surface area contributed by atoms with Crippen molar-refractivity contribution < 1.29 is 9.53 Å². The minimum absolute atomic E-state index is 0.233. The number of carbonyl (C=O) groups is 1. The van der Waals surface area contributed by atoms with Crippen molar-refractivity contribution in [2.75, 3.05) is 31.3 Å². The van der Waals surface area contributed by atoms with E-state index in [1.54, 1.807) is 7.11 Å². The summed E-state index contributed by atoms with van der Waals surface area (Å²) in [4.78, 5) is 21.8. The van der Waals surface area contributed by atoms with E-state index in [0.29, 0.717) is 37.5 Å². The highest BCUT2D eigenvalue weighted by Gasteiger charge is 2.25. The van der Waals surface area contributed by atoms with Gasteiger partial charge in [-0.25, -0.2) is 14.8 Å². The molecule has 4 rings (SSSR count). The largest absolute Gasteiger partial charge is 0.384 e. The lowest BCUT2D eigenvalue weighted by Gasteiger charge is -2.27. The number of methoxy groups -OCH3 is 1. The van der Waals surface area contributed by atoms with Gasteiger partial charge in [-0.05, 0) is 18.2 Å². The van der Waals surface area contributed by atoms with Crippen LogP contribution in [0.1, 0.15) is 19.7 Å². The normalized spacial score (nSPS) is 11.7. The predicted molar refractivity (Wildman–Crippen MR) is 132 cm³/mol. The van der Waals surface area contributed by atoms with Gasteiger partial charge < -0.3 is 25.7 Å². The van der Waals surface area contributed by atoms with Crippen LogP contribution in [0.4, 0.5) is 16.3 Å². The van der Waals surface area contributed by atoms with Crippen molar-refractivity contribution >= 4 is 39.5 Å². The van der Waals surface area contributed by atoms with Gasteiger partial charge in [0.15, 0.2) is 5.82 Å². The zero-order valence-electron chi connectivity index (χ0n) is 19.3. The number of aromatic nitrogens is 3. The maximum absolute atomic E-state index is 12.4. The number of urea groups is 1. The second kappa shape index (κ2) is 9.46. The Morgan fingerprint density at radius 1 is 1.09 bits per heavy atom. The van der Waals surface area contributed by atoms with E-state index in [0.717, 1.165) is 27.9 Å². The molecule has 33 heavy (non-hydrogen) atoms. The number of hydrogen-bond acceptors (Lipinski definition) is 5. The summed E-state index contributed by atoms with van der Waals surface area (Å²) in [5.74, 6) is 1.30. The second-order valence-corrected chi connectivity index (χ2v) is 8.91. The molecule has 4 N–H and O–H groups in total. The molecule has 0 spiro atoms. The fourth-order valence-corrected chi connectivity index (χ4v) is 3.96. The monoisotopic (exact) mass is 446 g/mol. The van der Waals surface area contributed by atoms with Gasteiger partial charge in [0.25, 0.3) is 0 Å². The molecule has 0 fully saturated rings. The van der Waals surface area contributed by atoms with Crippen LogP contribution >= 0.6 is 0 Å². The highest BCUT2D eigenvalue weighted by molar-refractivity contribution is 6.06. The van der Waals surface area contributed by atoms with Gasteiger partial charge in [-0.2, -0.15) is 0 Å². The molecule has 0 radical (unpaired) electrons. The Hall–Kier alpha value is -3.65. The Kier molecular flexibility index (Phi) is 6.46. The van der Waals surface area contributed by atoms with Crippen LogP contribution in [0.5, 0.6) is 0 Å². The van der Waals surface area contributed by atoms with Crippen LogP contribution in [-0.2, 0) is 17.7 Å². The third-order valence-corrected chi connectivity index (χ3v) is 5.56. The third-order valence-electron chi connectivity index (χ3n) is 5.56. The fraction of sp³-hybridized carbons (Fsp3) is 0.320. The molecule has 2 heterocycles. The minimum atomic E-state index is -0.261. The summed E-state index contributed by atoms with van der Waals surface area (Å²) >= 11 is 0. The minimum Gasteiger partial charge on any atom is -0.384 e. The van der Waals surface area contributed by atoms with Crippen molar-refractivity contribution in [3.8, 4) is 0 Å². The van der Waals surface area contributed by atoms with Gasteiger partial charge in [-0.3, -0.25) is 0 Å². The van der Waals surface area contributed by atoms with E-state index in [1.807, 2.05) is 54.6 Å². The van der Waals surface area contributed by atoms with E-state index < -0.39 is 0 Å². The Morgan fingerprint density at radius 3 is 2.58 bits per heavy atom. The van der Waals surface area contributed by atoms with E-state index in [1.165, 1.54) is 0 Å². The number of nitrogens with zero attached hydrogens (tertiary/aromatic N) is 3. The molecule has 2 aromatic heterocycles. The number of nitrogens with one attached hydrogen (secondary N) is 2. The summed E-state index contributed by atoms with van der Waals surface area (Å²) in [5, 5.41) is 6.86. The zero-order chi connectivity index (χ0) is 23.4. The van der Waals surface area contributed by atoms with Crippen molar-refractivity contribution in [3.63, 3.8) is 0 Å². The molecule has 0 aliphatic rings. The highest BCUT2D eigenvalue weighted by atomic mass is 16.5. The molecular formula is C25H30N6O2. The van der Waals surface area contributed by atoms with E-state index in [-0.39, 0.29) is 11.4 Å². The first kappa shape index (κ1) is 22.5. The third kappa shape index (κ3) is 5.06. The molecule has 2 aromatic carbocycles. The fourth-order valence-electron chi connectivity index (χ4n) is 3.96. The summed E-state index contributed by atoms with van der Waals surface area (Å²) < 4.78 is 7.51. The summed E-state index contributed by atoms with van der Waals surface area (Å²) in [6.45, 7) is 5.91. The number of ether oxygens (including phenoxy) is 1. The summed E-state index contributed by atoms with van der Waals surface area (Å²) in [6.07, 6.45) is 0.650. The van der Waals surface area contributed by atoms with Crippen LogP contribution in [-0.4, -0.2) is 40.8 Å². The number of imidazole rings is 1. The Balaban J connectivity index is 1.62. The molecule has 0 aliphatic carbocycles. The molecule has 0 saturated carbocycles. The quantitative estimate of drug-likeness (QED) is 0.376. The number of benzene rings is 2. The number of carbonyl (C=O) groups excluding carboxylic acids is 1. The van der Waals surface area contributed by atoms with Crippen LogP contribution in [0, 0.1) is 5.41 Å². The van der Waals surface area contributed by atoms with Gasteiger partial charge in [0.05, 0.1) is 17.6 Å². The van der Waals surface area contributed by atoms with E-state index in [4.69, 9.17) is 15.5 Å². The van der Waals surface area contributed by atoms with E-state index in [9.17, 15) is 4.79 Å². The lowest BCUT2D eigenvalue weighted by molar-refractivity contribution is 0.198. The van der Waals surface area contributed by atoms with Gasteiger partial charge in [0, 0.05) is 43.1 Å². The van der Waals surface area contributed by atoms with Crippen molar-refractivity contribution in [3.05, 3.63) is 60.4 Å². The molecule has 172 valence electrons. The van der Waals surface area contributed by atoms with Gasteiger partial charge in [-0.15, -0.1) is 0 Å². The van der Waals surface area contributed by atoms with Crippen LogP contribution in [0.25, 0.3) is 21.9 Å². The number of hydrogen-bond donors (Lipinski definition) is 3. The summed E-state index contributed by atoms with van der Waals surface area (Å²) in [7, 11) is 1.68. The Labute approximate surface area is 193 Å². The van der Waals surface area contributed by atoms with E-state index >= 15 is 0 Å². The van der Waals surface area contributed by atoms with Gasteiger partial charge in [0.1, 0.15) is 11.3 Å². The van der Waals surface area contributed by atoms with E-state index in [2.05, 4.69) is 34.0 Å². The Morgan fingerprint density at radius 2 is 1.82 bits per heavy atom. The van der Waals surface area contributed by atoms with Crippen LogP contribution in [0.3, 0.4) is 0 Å². The molecule has 0 aliphatic heterocycles. The number of nitrogen functional groups attached to an aromatic ring is 1. The van der Waals surface area contributed by atoms with Gasteiger partial charge in [0.2, 0.25) is 0 Å². The first-order valence-corrected chi connectivity index (χ1v) is 11.0. The maximum atomic E-state index is 12.4. The number of rotatable bonds is 8. The summed E-state index contributed by atoms with van der Waals surface area (Å²) in [6, 6.07) is 17.1. The first-order valence-electron chi connectivity index (χ1n) is 11.0. The highest BCUT2D eigenvalue weighted by Crippen LogP contribution is 2.31. The lowest BCUT2D eigenvalue weighted by Crippen LogP contribution is -2.39. The Bertz CT molecular complexity index is 1270. The average Bonchev–Trinajstić information content (AvgIpc) is 3.15. The number of nitrogens with two attached hydrogens (primary N) is 1. The predicted octanol–water partition coefficient (Wildman–Crippen LogP) is 4.20. The van der Waals surface area contributed by atoms with Crippen molar-refractivity contribution in [2.24, 2.45) is 5.41 Å². The number of para-hydroxylation sites is 2. The van der Waals surface area contributed by atoms with Crippen LogP contribution < -0.4 is 16.4 Å². The average molecular weight is 447 g/mol. The number of pyridine rings is 1. The van der Waals surface area contributed by atoms with Crippen LogP contribution in [0.2, 0.25) is 0 Å². The second-order valence-electron chi connectivity index (χ2n) is 8.91. The molecule has 0 atom stereocenters. The lowest BCUT2D eigenvalue weighted by atomic mass is 9.93. The number of fused-ring (bicyclic) bond motifs is 3. The molecule has 2 amide bonds. The molecule has 8 heteroatoms. The topological polar surface area (TPSA) is 107 Å². The molecular weight excluding hydrogens is 416 g/mol. The van der Waals surface area contributed by atoms with Crippen molar-refractivity contribution in [2.45, 2.75) is 26.8 Å². The van der Waals surface area contributed by atoms with Crippen molar-refractivity contribution in [1.82, 2.24) is 19.9 Å². The maximum Gasteiger partial charge on any atom is 0.319 e. The smallest absolute Gasteiger partial charge is 0.319 e.